The summed E-state index contributed by atoms with van der Waals surface area (Å²) in [6, 6.07) is 5.09. The molecule has 2 N–H and O–H groups in total. The Morgan fingerprint density at radius 1 is 1.53 bits per heavy atom. The highest BCUT2D eigenvalue weighted by atomic mass is 35.5. The highest BCUT2D eigenvalue weighted by molar-refractivity contribution is 7.98. The van der Waals surface area contributed by atoms with Crippen molar-refractivity contribution in [1.82, 2.24) is 5.32 Å². The molecule has 0 heterocycles. The molecule has 1 rings (SSSR count). The Hall–Kier alpha value is -1.24. The lowest BCUT2D eigenvalue weighted by Crippen LogP contribution is -2.37. The Morgan fingerprint density at radius 3 is 2.74 bits per heavy atom. The van der Waals surface area contributed by atoms with E-state index in [0.717, 1.165) is 4.90 Å². The number of carbonyl (C=O) groups is 2. The summed E-state index contributed by atoms with van der Waals surface area (Å²) in [5.74, 6) is -1.56. The smallest absolute Gasteiger partial charge is 0.334 e. The number of halogens is 1. The standard InChI is InChI=1S/C12H14ClNO4S/c1-18-10(12(16)17)6-14-11(15)8-5-7(19-2)3-4-9(8)13/h3-5,10H,6H2,1-2H3,(H,14,15)(H,16,17). The number of carbonyl (C=O) groups excluding carboxylic acids is 1. The van der Waals surface area contributed by atoms with Crippen LogP contribution in [0.4, 0.5) is 0 Å². The van der Waals surface area contributed by atoms with Crippen molar-refractivity contribution in [3.63, 3.8) is 0 Å². The SMILES string of the molecule is COC(CNC(=O)c1cc(SC)ccc1Cl)C(=O)O. The number of benzene rings is 1. The minimum Gasteiger partial charge on any atom is -0.479 e. The van der Waals surface area contributed by atoms with Crippen molar-refractivity contribution >= 4 is 35.2 Å². The Bertz CT molecular complexity index is 481. The number of carboxylic acids is 1. The zero-order valence-corrected chi connectivity index (χ0v) is 12.0. The third-order valence-corrected chi connectivity index (χ3v) is 3.48. The molecule has 0 aromatic heterocycles. The number of rotatable bonds is 6. The van der Waals surface area contributed by atoms with Gasteiger partial charge in [-0.15, -0.1) is 11.8 Å². The third-order valence-electron chi connectivity index (χ3n) is 2.43. The summed E-state index contributed by atoms with van der Waals surface area (Å²) in [6.07, 6.45) is 0.808. The van der Waals surface area contributed by atoms with Crippen LogP contribution in [0.1, 0.15) is 10.4 Å². The maximum atomic E-state index is 11.9. The monoisotopic (exact) mass is 303 g/mol. The van der Waals surface area contributed by atoms with Crippen LogP contribution in [0.2, 0.25) is 5.02 Å². The predicted molar refractivity (Wildman–Crippen MR) is 74.0 cm³/mol. The van der Waals surface area contributed by atoms with E-state index in [4.69, 9.17) is 21.4 Å². The van der Waals surface area contributed by atoms with Gasteiger partial charge in [-0.3, -0.25) is 4.79 Å². The first-order valence-corrected chi connectivity index (χ1v) is 6.97. The van der Waals surface area contributed by atoms with Crippen LogP contribution < -0.4 is 5.32 Å². The molecule has 19 heavy (non-hydrogen) atoms. The second kappa shape index (κ2) is 7.37. The van der Waals surface area contributed by atoms with Gasteiger partial charge in [-0.1, -0.05) is 11.6 Å². The molecule has 1 amide bonds. The molecule has 0 aliphatic rings. The highest BCUT2D eigenvalue weighted by Crippen LogP contribution is 2.22. The molecule has 1 atom stereocenters. The molecule has 1 aromatic rings. The summed E-state index contributed by atoms with van der Waals surface area (Å²) >= 11 is 7.43. The van der Waals surface area contributed by atoms with Crippen molar-refractivity contribution in [2.75, 3.05) is 19.9 Å². The average molecular weight is 304 g/mol. The molecule has 0 spiro atoms. The van der Waals surface area contributed by atoms with E-state index < -0.39 is 18.0 Å². The lowest BCUT2D eigenvalue weighted by atomic mass is 10.2. The van der Waals surface area contributed by atoms with Gasteiger partial charge in [-0.2, -0.15) is 0 Å². The molecule has 0 aliphatic heterocycles. The lowest BCUT2D eigenvalue weighted by Gasteiger charge is -2.12. The molecule has 1 aromatic carbocycles. The van der Waals surface area contributed by atoms with Crippen molar-refractivity contribution in [3.8, 4) is 0 Å². The first-order valence-electron chi connectivity index (χ1n) is 5.37. The van der Waals surface area contributed by atoms with E-state index in [9.17, 15) is 9.59 Å². The van der Waals surface area contributed by atoms with Gasteiger partial charge >= 0.3 is 5.97 Å². The molecule has 0 fully saturated rings. The molecule has 104 valence electrons. The van der Waals surface area contributed by atoms with E-state index in [1.807, 2.05) is 6.26 Å². The van der Waals surface area contributed by atoms with E-state index in [-0.39, 0.29) is 6.54 Å². The molecule has 0 saturated heterocycles. The van der Waals surface area contributed by atoms with E-state index in [1.165, 1.54) is 18.9 Å². The lowest BCUT2D eigenvalue weighted by molar-refractivity contribution is -0.148. The molecule has 7 heteroatoms. The number of thioether (sulfide) groups is 1. The number of nitrogens with one attached hydrogen (secondary N) is 1. The van der Waals surface area contributed by atoms with E-state index in [0.29, 0.717) is 10.6 Å². The van der Waals surface area contributed by atoms with Gasteiger partial charge < -0.3 is 15.2 Å². The second-order valence-electron chi connectivity index (χ2n) is 3.62. The molecule has 0 saturated carbocycles. The van der Waals surface area contributed by atoms with E-state index in [2.05, 4.69) is 5.32 Å². The summed E-state index contributed by atoms with van der Waals surface area (Å²) in [4.78, 5) is 23.6. The van der Waals surface area contributed by atoms with Crippen LogP contribution in [-0.4, -0.2) is 43.0 Å². The van der Waals surface area contributed by atoms with Crippen molar-refractivity contribution in [3.05, 3.63) is 28.8 Å². The van der Waals surface area contributed by atoms with Gasteiger partial charge in [0.2, 0.25) is 0 Å². The number of methoxy groups -OCH3 is 1. The van der Waals surface area contributed by atoms with Crippen molar-refractivity contribution < 1.29 is 19.4 Å². The first-order chi connectivity index (χ1) is 8.99. The van der Waals surface area contributed by atoms with Crippen LogP contribution in [0.25, 0.3) is 0 Å². The van der Waals surface area contributed by atoms with Gasteiger partial charge in [0, 0.05) is 12.0 Å². The van der Waals surface area contributed by atoms with Crippen LogP contribution in [0.5, 0.6) is 0 Å². The number of ether oxygens (including phenoxy) is 1. The number of carboxylic acid groups (broad SMARTS) is 1. The predicted octanol–water partition coefficient (Wildman–Crippen LogP) is 1.89. The van der Waals surface area contributed by atoms with Gasteiger partial charge in [0.1, 0.15) is 0 Å². The zero-order valence-electron chi connectivity index (χ0n) is 10.5. The Morgan fingerprint density at radius 2 is 2.21 bits per heavy atom. The van der Waals surface area contributed by atoms with Gasteiger partial charge in [-0.25, -0.2) is 4.79 Å². The highest BCUT2D eigenvalue weighted by Gasteiger charge is 2.18. The maximum Gasteiger partial charge on any atom is 0.334 e. The largest absolute Gasteiger partial charge is 0.479 e. The fourth-order valence-electron chi connectivity index (χ4n) is 1.36. The van der Waals surface area contributed by atoms with Gasteiger partial charge in [-0.05, 0) is 24.5 Å². The normalized spacial score (nSPS) is 11.9. The van der Waals surface area contributed by atoms with Gasteiger partial charge in [0.05, 0.1) is 17.1 Å². The molecule has 0 aliphatic carbocycles. The van der Waals surface area contributed by atoms with Crippen molar-refractivity contribution in [2.45, 2.75) is 11.0 Å². The topological polar surface area (TPSA) is 75.6 Å². The van der Waals surface area contributed by atoms with Gasteiger partial charge in [0.25, 0.3) is 5.91 Å². The molecule has 0 radical (unpaired) electrons. The van der Waals surface area contributed by atoms with E-state index >= 15 is 0 Å². The molecule has 1 unspecified atom stereocenters. The summed E-state index contributed by atoms with van der Waals surface area (Å²) in [5.41, 5.74) is 0.314. The van der Waals surface area contributed by atoms with E-state index in [1.54, 1.807) is 18.2 Å². The number of hydrogen-bond donors (Lipinski definition) is 2. The molecule has 0 bridgehead atoms. The summed E-state index contributed by atoms with van der Waals surface area (Å²) in [5, 5.41) is 11.6. The number of amides is 1. The third kappa shape index (κ3) is 4.41. The molecular weight excluding hydrogens is 290 g/mol. The minimum atomic E-state index is -1.13. The van der Waals surface area contributed by atoms with Crippen LogP contribution in [-0.2, 0) is 9.53 Å². The van der Waals surface area contributed by atoms with Crippen LogP contribution >= 0.6 is 23.4 Å². The quantitative estimate of drug-likeness (QED) is 0.785. The molecular formula is C12H14ClNO4S. The van der Waals surface area contributed by atoms with Crippen LogP contribution in [0.15, 0.2) is 23.1 Å². The second-order valence-corrected chi connectivity index (χ2v) is 4.91. The van der Waals surface area contributed by atoms with Crippen LogP contribution in [0.3, 0.4) is 0 Å². The van der Waals surface area contributed by atoms with Gasteiger partial charge in [0.15, 0.2) is 6.10 Å². The minimum absolute atomic E-state index is 0.121. The maximum absolute atomic E-state index is 11.9. The first kappa shape index (κ1) is 15.8. The molecule has 5 nitrogen and oxygen atoms in total. The van der Waals surface area contributed by atoms with Crippen molar-refractivity contribution in [2.24, 2.45) is 0 Å². The Labute approximate surface area is 120 Å². The fourth-order valence-corrected chi connectivity index (χ4v) is 2.00. The number of aliphatic carboxylic acids is 1. The Balaban J connectivity index is 2.75. The average Bonchev–Trinajstić information content (AvgIpc) is 2.39. The summed E-state index contributed by atoms with van der Waals surface area (Å²) in [7, 11) is 1.27. The number of hydrogen-bond acceptors (Lipinski definition) is 4. The Kier molecular flexibility index (Phi) is 6.14. The van der Waals surface area contributed by atoms with Crippen molar-refractivity contribution in [1.29, 1.82) is 0 Å². The summed E-state index contributed by atoms with van der Waals surface area (Å²) < 4.78 is 4.72. The van der Waals surface area contributed by atoms with Crippen LogP contribution in [0, 0.1) is 0 Å². The summed E-state index contributed by atoms with van der Waals surface area (Å²) in [6.45, 7) is -0.121. The zero-order chi connectivity index (χ0) is 14.4. The fraction of sp³-hybridized carbons (Fsp3) is 0.333.